The van der Waals surface area contributed by atoms with Crippen LogP contribution in [0.3, 0.4) is 0 Å². The molecule has 1 N–H and O–H groups in total. The summed E-state index contributed by atoms with van der Waals surface area (Å²) in [6, 6.07) is 16.0. The zero-order valence-corrected chi connectivity index (χ0v) is 16.1. The van der Waals surface area contributed by atoms with Crippen LogP contribution in [0, 0.1) is 0 Å². The van der Waals surface area contributed by atoms with Gasteiger partial charge in [-0.2, -0.15) is 0 Å². The van der Waals surface area contributed by atoms with Gasteiger partial charge in [0.25, 0.3) is 0 Å². The summed E-state index contributed by atoms with van der Waals surface area (Å²) >= 11 is 1.73. The topological polar surface area (TPSA) is 41.6 Å². The van der Waals surface area contributed by atoms with E-state index in [1.807, 2.05) is 43.1 Å². The van der Waals surface area contributed by atoms with E-state index in [4.69, 9.17) is 4.74 Å². The molecule has 0 spiro atoms. The summed E-state index contributed by atoms with van der Waals surface area (Å²) in [4.78, 5) is 15.7. The molecule has 1 amide bonds. The molecule has 1 unspecified atom stereocenters. The number of hydrogen-bond acceptors (Lipinski definition) is 4. The number of amides is 1. The van der Waals surface area contributed by atoms with Gasteiger partial charge in [0.05, 0.1) is 13.2 Å². The Hall–Kier alpha value is -1.98. The zero-order chi connectivity index (χ0) is 18.2. The van der Waals surface area contributed by atoms with Gasteiger partial charge in [0.1, 0.15) is 5.75 Å². The van der Waals surface area contributed by atoms with Crippen LogP contribution in [0.5, 0.6) is 5.75 Å². The van der Waals surface area contributed by atoms with E-state index in [0.29, 0.717) is 6.54 Å². The number of benzene rings is 2. The highest BCUT2D eigenvalue weighted by Crippen LogP contribution is 2.18. The second-order valence-corrected chi connectivity index (χ2v) is 6.85. The molecule has 0 heterocycles. The molecule has 2 aromatic carbocycles. The van der Waals surface area contributed by atoms with Crippen molar-refractivity contribution in [3.05, 3.63) is 59.7 Å². The largest absolute Gasteiger partial charge is 0.496 e. The Bertz CT molecular complexity index is 688. The second-order valence-electron chi connectivity index (χ2n) is 5.97. The van der Waals surface area contributed by atoms with Crippen molar-refractivity contribution in [2.24, 2.45) is 0 Å². The number of ether oxygens (including phenoxy) is 1. The number of nitrogens with one attached hydrogen (secondary N) is 1. The maximum absolute atomic E-state index is 12.5. The van der Waals surface area contributed by atoms with Gasteiger partial charge in [-0.25, -0.2) is 0 Å². The molecule has 2 aromatic rings. The van der Waals surface area contributed by atoms with Gasteiger partial charge in [0.2, 0.25) is 5.91 Å². The van der Waals surface area contributed by atoms with E-state index in [0.717, 1.165) is 17.9 Å². The van der Waals surface area contributed by atoms with E-state index >= 15 is 0 Å². The Morgan fingerprint density at radius 3 is 2.52 bits per heavy atom. The van der Waals surface area contributed by atoms with Crippen LogP contribution in [-0.4, -0.2) is 37.3 Å². The van der Waals surface area contributed by atoms with E-state index in [2.05, 4.69) is 35.8 Å². The Balaban J connectivity index is 1.89. The molecule has 0 saturated heterocycles. The average molecular weight is 359 g/mol. The molecule has 1 atom stereocenters. The fourth-order valence-corrected chi connectivity index (χ4v) is 2.94. The quantitative estimate of drug-likeness (QED) is 0.733. The van der Waals surface area contributed by atoms with Gasteiger partial charge in [-0.15, -0.1) is 11.8 Å². The number of carbonyl (C=O) groups excluding carboxylic acids is 1. The Morgan fingerprint density at radius 1 is 1.20 bits per heavy atom. The number of carbonyl (C=O) groups is 1. The van der Waals surface area contributed by atoms with Crippen LogP contribution in [0.2, 0.25) is 0 Å². The summed E-state index contributed by atoms with van der Waals surface area (Å²) < 4.78 is 5.32. The summed E-state index contributed by atoms with van der Waals surface area (Å²) in [6.45, 7) is 3.12. The third kappa shape index (κ3) is 5.51. The molecule has 134 valence electrons. The van der Waals surface area contributed by atoms with Crippen molar-refractivity contribution >= 4 is 17.7 Å². The smallest absolute Gasteiger partial charge is 0.237 e. The minimum Gasteiger partial charge on any atom is -0.496 e. The standard InChI is InChI=1S/C20H26N2O2S/c1-15(22(2)14-16-9-11-18(25-4)12-10-16)20(23)21-13-17-7-5-6-8-19(17)24-3/h5-12,15H,13-14H2,1-4H3,(H,21,23). The fourth-order valence-electron chi connectivity index (χ4n) is 2.54. The van der Waals surface area contributed by atoms with Gasteiger partial charge in [-0.05, 0) is 44.0 Å². The molecule has 0 aliphatic heterocycles. The van der Waals surface area contributed by atoms with E-state index in [-0.39, 0.29) is 11.9 Å². The van der Waals surface area contributed by atoms with Crippen molar-refractivity contribution in [3.63, 3.8) is 0 Å². The van der Waals surface area contributed by atoms with Crippen LogP contribution in [0.15, 0.2) is 53.4 Å². The lowest BCUT2D eigenvalue weighted by molar-refractivity contribution is -0.125. The van der Waals surface area contributed by atoms with E-state index in [9.17, 15) is 4.79 Å². The highest BCUT2D eigenvalue weighted by molar-refractivity contribution is 7.98. The third-order valence-electron chi connectivity index (χ3n) is 4.28. The number of methoxy groups -OCH3 is 1. The molecule has 0 radical (unpaired) electrons. The molecule has 0 bridgehead atoms. The molecular weight excluding hydrogens is 332 g/mol. The summed E-state index contributed by atoms with van der Waals surface area (Å²) in [5.74, 6) is 0.798. The predicted octanol–water partition coefficient (Wildman–Crippen LogP) is 3.55. The summed E-state index contributed by atoms with van der Waals surface area (Å²) in [5.41, 5.74) is 2.17. The molecule has 0 saturated carbocycles. The average Bonchev–Trinajstić information content (AvgIpc) is 2.66. The molecular formula is C20H26N2O2S. The molecule has 0 aliphatic carbocycles. The molecule has 4 nitrogen and oxygen atoms in total. The Morgan fingerprint density at radius 2 is 1.88 bits per heavy atom. The first-order valence-electron chi connectivity index (χ1n) is 8.28. The Kier molecular flexibility index (Phi) is 7.34. The molecule has 2 rings (SSSR count). The van der Waals surface area contributed by atoms with Gasteiger partial charge in [0.15, 0.2) is 0 Å². The van der Waals surface area contributed by atoms with Crippen LogP contribution in [0.25, 0.3) is 0 Å². The van der Waals surface area contributed by atoms with Crippen LogP contribution in [0.4, 0.5) is 0 Å². The molecule has 0 fully saturated rings. The van der Waals surface area contributed by atoms with Gasteiger partial charge in [-0.3, -0.25) is 9.69 Å². The first-order chi connectivity index (χ1) is 12.0. The van der Waals surface area contributed by atoms with Crippen molar-refractivity contribution in [1.82, 2.24) is 10.2 Å². The summed E-state index contributed by atoms with van der Waals surface area (Å²) in [6.07, 6.45) is 2.06. The number of likely N-dealkylation sites (N-methyl/N-ethyl adjacent to an activating group) is 1. The zero-order valence-electron chi connectivity index (χ0n) is 15.3. The van der Waals surface area contributed by atoms with Crippen LogP contribution in [0.1, 0.15) is 18.1 Å². The Labute approximate surface area is 154 Å². The van der Waals surface area contributed by atoms with Gasteiger partial charge in [-0.1, -0.05) is 30.3 Å². The molecule has 0 aliphatic rings. The maximum atomic E-state index is 12.5. The van der Waals surface area contributed by atoms with Crippen LogP contribution >= 0.6 is 11.8 Å². The number of nitrogens with zero attached hydrogens (tertiary/aromatic N) is 1. The monoisotopic (exact) mass is 358 g/mol. The van der Waals surface area contributed by atoms with E-state index < -0.39 is 0 Å². The van der Waals surface area contributed by atoms with Gasteiger partial charge >= 0.3 is 0 Å². The summed E-state index contributed by atoms with van der Waals surface area (Å²) in [7, 11) is 3.61. The normalized spacial score (nSPS) is 12.0. The van der Waals surface area contributed by atoms with Gasteiger partial charge < -0.3 is 10.1 Å². The SMILES string of the molecule is COc1ccccc1CNC(=O)C(C)N(C)Cc1ccc(SC)cc1. The predicted molar refractivity (Wildman–Crippen MR) is 104 cm³/mol. The number of rotatable bonds is 8. The first kappa shape index (κ1) is 19.3. The lowest BCUT2D eigenvalue weighted by Gasteiger charge is -2.24. The number of para-hydroxylation sites is 1. The minimum atomic E-state index is -0.213. The maximum Gasteiger partial charge on any atom is 0.237 e. The van der Waals surface area contributed by atoms with Crippen molar-refractivity contribution in [2.45, 2.75) is 31.0 Å². The van der Waals surface area contributed by atoms with Crippen molar-refractivity contribution in [2.75, 3.05) is 20.4 Å². The van der Waals surface area contributed by atoms with E-state index in [1.165, 1.54) is 10.5 Å². The minimum absolute atomic E-state index is 0.00846. The van der Waals surface area contributed by atoms with Crippen molar-refractivity contribution in [3.8, 4) is 5.75 Å². The van der Waals surface area contributed by atoms with E-state index in [1.54, 1.807) is 18.9 Å². The van der Waals surface area contributed by atoms with Crippen LogP contribution < -0.4 is 10.1 Å². The van der Waals surface area contributed by atoms with Gasteiger partial charge in [0, 0.05) is 23.5 Å². The van der Waals surface area contributed by atoms with Crippen LogP contribution in [-0.2, 0) is 17.9 Å². The highest BCUT2D eigenvalue weighted by atomic mass is 32.2. The lowest BCUT2D eigenvalue weighted by atomic mass is 10.1. The molecule has 5 heteroatoms. The van der Waals surface area contributed by atoms with Crippen molar-refractivity contribution < 1.29 is 9.53 Å². The number of hydrogen-bond donors (Lipinski definition) is 1. The first-order valence-corrected chi connectivity index (χ1v) is 9.50. The second kappa shape index (κ2) is 9.49. The molecule has 25 heavy (non-hydrogen) atoms. The summed E-state index contributed by atoms with van der Waals surface area (Å²) in [5, 5.41) is 2.99. The lowest BCUT2D eigenvalue weighted by Crippen LogP contribution is -2.42. The number of thioether (sulfide) groups is 1. The van der Waals surface area contributed by atoms with Crippen molar-refractivity contribution in [1.29, 1.82) is 0 Å². The highest BCUT2D eigenvalue weighted by Gasteiger charge is 2.18. The third-order valence-corrected chi connectivity index (χ3v) is 5.02. The molecule has 0 aromatic heterocycles. The fraction of sp³-hybridized carbons (Fsp3) is 0.350.